The Labute approximate surface area is 133 Å². The number of hydrogen-bond donors (Lipinski definition) is 1. The van der Waals surface area contributed by atoms with E-state index in [0.29, 0.717) is 5.56 Å². The Morgan fingerprint density at radius 1 is 1.33 bits per heavy atom. The smallest absolute Gasteiger partial charge is 0.433 e. The third-order valence-corrected chi connectivity index (χ3v) is 2.86. The van der Waals surface area contributed by atoms with Crippen LogP contribution in [0.25, 0.3) is 0 Å². The van der Waals surface area contributed by atoms with E-state index in [4.69, 9.17) is 0 Å². The number of ether oxygens (including phenoxy) is 1. The molecule has 0 saturated carbocycles. The van der Waals surface area contributed by atoms with Crippen LogP contribution in [0.5, 0.6) is 5.75 Å². The van der Waals surface area contributed by atoms with E-state index in [0.717, 1.165) is 16.9 Å². The van der Waals surface area contributed by atoms with Gasteiger partial charge in [0, 0.05) is 6.20 Å². The molecule has 0 aliphatic rings. The van der Waals surface area contributed by atoms with Crippen molar-refractivity contribution in [1.29, 1.82) is 0 Å². The molecule has 5 nitrogen and oxygen atoms in total. The summed E-state index contributed by atoms with van der Waals surface area (Å²) >= 11 is 0. The lowest BCUT2D eigenvalue weighted by molar-refractivity contribution is -0.141. The maximum absolute atomic E-state index is 12.4. The highest BCUT2D eigenvalue weighted by atomic mass is 19.4. The highest BCUT2D eigenvalue weighted by Gasteiger charge is 2.33. The zero-order valence-electron chi connectivity index (χ0n) is 12.3. The Balaban J connectivity index is 2.08. The molecule has 0 bridgehead atoms. The monoisotopic (exact) mass is 349 g/mol. The van der Waals surface area contributed by atoms with E-state index in [2.05, 4.69) is 15.2 Å². The van der Waals surface area contributed by atoms with Crippen LogP contribution in [0.15, 0.2) is 30.5 Å². The molecule has 1 amide bonds. The predicted octanol–water partition coefficient (Wildman–Crippen LogP) is 3.45. The summed E-state index contributed by atoms with van der Waals surface area (Å²) in [5.74, 6) is -0.982. The van der Waals surface area contributed by atoms with Crippen LogP contribution in [0, 0.1) is 6.92 Å². The van der Waals surface area contributed by atoms with E-state index in [1.165, 1.54) is 12.1 Å². The summed E-state index contributed by atoms with van der Waals surface area (Å²) in [6.45, 7) is -1.95. The highest BCUT2D eigenvalue weighted by molar-refractivity contribution is 5.92. The van der Waals surface area contributed by atoms with Crippen LogP contribution in [0.1, 0.15) is 11.3 Å². The maximum atomic E-state index is 12.4. The Bertz CT molecular complexity index is 727. The number of carbonyl (C=O) groups excluding carboxylic acids is 1. The van der Waals surface area contributed by atoms with Gasteiger partial charge in [0.1, 0.15) is 12.3 Å². The summed E-state index contributed by atoms with van der Waals surface area (Å²) in [4.78, 5) is 11.9. The number of nitrogens with zero attached hydrogens (tertiary/aromatic N) is 2. The van der Waals surface area contributed by atoms with Gasteiger partial charge in [-0.1, -0.05) is 6.07 Å². The van der Waals surface area contributed by atoms with E-state index < -0.39 is 30.9 Å². The lowest BCUT2D eigenvalue weighted by Crippen LogP contribution is -2.20. The predicted molar refractivity (Wildman–Crippen MR) is 73.7 cm³/mol. The first-order valence-electron chi connectivity index (χ1n) is 6.61. The summed E-state index contributed by atoms with van der Waals surface area (Å²) in [5.41, 5.74) is -0.521. The number of alkyl halides is 5. The van der Waals surface area contributed by atoms with Crippen LogP contribution in [0.3, 0.4) is 0 Å². The van der Waals surface area contributed by atoms with Crippen molar-refractivity contribution >= 4 is 11.6 Å². The molecule has 1 aromatic carbocycles. The van der Waals surface area contributed by atoms with Gasteiger partial charge in [0.25, 0.3) is 0 Å². The van der Waals surface area contributed by atoms with Crippen molar-refractivity contribution in [3.05, 3.63) is 41.7 Å². The molecule has 24 heavy (non-hydrogen) atoms. The number of aryl methyl sites for hydroxylation is 1. The molecule has 0 spiro atoms. The van der Waals surface area contributed by atoms with Crippen LogP contribution in [0.2, 0.25) is 0 Å². The molecule has 0 radical (unpaired) electrons. The third kappa shape index (κ3) is 4.67. The number of amides is 1. The minimum atomic E-state index is -4.61. The first kappa shape index (κ1) is 17.7. The molecule has 2 aromatic rings. The number of carbonyl (C=O) groups is 1. The van der Waals surface area contributed by atoms with E-state index in [9.17, 15) is 26.7 Å². The van der Waals surface area contributed by atoms with Gasteiger partial charge in [-0.25, -0.2) is 0 Å². The SMILES string of the molecule is Cc1ccc(NC(=O)Cn2ccc(C(F)(F)F)n2)c(OC(F)F)c1. The number of halogens is 5. The Hall–Kier alpha value is -2.65. The molecule has 2 rings (SSSR count). The van der Waals surface area contributed by atoms with E-state index in [1.54, 1.807) is 13.0 Å². The fourth-order valence-electron chi connectivity index (χ4n) is 1.86. The van der Waals surface area contributed by atoms with Gasteiger partial charge in [-0.05, 0) is 30.7 Å². The van der Waals surface area contributed by atoms with Gasteiger partial charge in [-0.2, -0.15) is 27.1 Å². The lowest BCUT2D eigenvalue weighted by Gasteiger charge is -2.12. The molecular weight excluding hydrogens is 337 g/mol. The second-order valence-electron chi connectivity index (χ2n) is 4.82. The second kappa shape index (κ2) is 6.85. The van der Waals surface area contributed by atoms with E-state index in [-0.39, 0.29) is 11.4 Å². The summed E-state index contributed by atoms with van der Waals surface area (Å²) < 4.78 is 67.2. The van der Waals surface area contributed by atoms with Crippen molar-refractivity contribution in [2.45, 2.75) is 26.3 Å². The maximum Gasteiger partial charge on any atom is 0.435 e. The Morgan fingerprint density at radius 2 is 2.04 bits per heavy atom. The molecule has 0 fully saturated rings. The molecule has 130 valence electrons. The molecular formula is C14H12F5N3O2. The molecule has 1 N–H and O–H groups in total. The van der Waals surface area contributed by atoms with Gasteiger partial charge in [0.15, 0.2) is 5.69 Å². The fraction of sp³-hybridized carbons (Fsp3) is 0.286. The summed E-state index contributed by atoms with van der Waals surface area (Å²) in [6, 6.07) is 4.95. The molecule has 10 heteroatoms. The molecule has 0 aliphatic carbocycles. The van der Waals surface area contributed by atoms with E-state index >= 15 is 0 Å². The summed E-state index contributed by atoms with van der Waals surface area (Å²) in [6.07, 6.45) is -3.62. The van der Waals surface area contributed by atoms with Crippen LogP contribution in [-0.2, 0) is 17.5 Å². The van der Waals surface area contributed by atoms with Crippen LogP contribution >= 0.6 is 0 Å². The van der Waals surface area contributed by atoms with Crippen molar-refractivity contribution < 1.29 is 31.5 Å². The van der Waals surface area contributed by atoms with Gasteiger partial charge >= 0.3 is 12.8 Å². The van der Waals surface area contributed by atoms with Crippen LogP contribution in [-0.4, -0.2) is 22.3 Å². The van der Waals surface area contributed by atoms with Crippen molar-refractivity contribution in [2.75, 3.05) is 5.32 Å². The molecule has 1 heterocycles. The minimum Gasteiger partial charge on any atom is -0.433 e. The number of anilines is 1. The first-order valence-corrected chi connectivity index (χ1v) is 6.61. The van der Waals surface area contributed by atoms with Gasteiger partial charge in [0.05, 0.1) is 5.69 Å². The van der Waals surface area contributed by atoms with Crippen molar-refractivity contribution in [1.82, 2.24) is 9.78 Å². The number of rotatable bonds is 5. The van der Waals surface area contributed by atoms with Crippen molar-refractivity contribution in [3.8, 4) is 5.75 Å². The topological polar surface area (TPSA) is 56.2 Å². The summed E-state index contributed by atoms with van der Waals surface area (Å²) in [5, 5.41) is 5.53. The highest BCUT2D eigenvalue weighted by Crippen LogP contribution is 2.28. The quantitative estimate of drug-likeness (QED) is 0.842. The molecule has 0 aliphatic heterocycles. The lowest BCUT2D eigenvalue weighted by atomic mass is 10.2. The molecule has 0 unspecified atom stereocenters. The van der Waals surface area contributed by atoms with Crippen LogP contribution in [0.4, 0.5) is 27.6 Å². The molecule has 0 atom stereocenters. The van der Waals surface area contributed by atoms with Crippen molar-refractivity contribution in [3.63, 3.8) is 0 Å². The average Bonchev–Trinajstić information content (AvgIpc) is 2.89. The van der Waals surface area contributed by atoms with Crippen LogP contribution < -0.4 is 10.1 Å². The minimum absolute atomic E-state index is 0.0194. The first-order chi connectivity index (χ1) is 11.1. The summed E-state index contributed by atoms with van der Waals surface area (Å²) in [7, 11) is 0. The standard InChI is InChI=1S/C14H12F5N3O2/c1-8-2-3-9(10(6-8)24-13(15)16)20-12(23)7-22-5-4-11(21-22)14(17,18)19/h2-6,13H,7H2,1H3,(H,20,23). The largest absolute Gasteiger partial charge is 0.435 e. The third-order valence-electron chi connectivity index (χ3n) is 2.86. The zero-order valence-corrected chi connectivity index (χ0v) is 12.3. The van der Waals surface area contributed by atoms with Gasteiger partial charge < -0.3 is 10.1 Å². The zero-order chi connectivity index (χ0) is 17.9. The van der Waals surface area contributed by atoms with Gasteiger partial charge in [0.2, 0.25) is 5.91 Å². The average molecular weight is 349 g/mol. The van der Waals surface area contributed by atoms with Crippen molar-refractivity contribution in [2.24, 2.45) is 0 Å². The molecule has 1 aromatic heterocycles. The normalized spacial score (nSPS) is 11.6. The number of benzene rings is 1. The number of aromatic nitrogens is 2. The van der Waals surface area contributed by atoms with Gasteiger partial charge in [-0.15, -0.1) is 0 Å². The number of nitrogens with one attached hydrogen (secondary N) is 1. The molecule has 0 saturated heterocycles. The number of hydrogen-bond acceptors (Lipinski definition) is 3. The Kier molecular flexibility index (Phi) is 5.05. The van der Waals surface area contributed by atoms with E-state index in [1.807, 2.05) is 0 Å². The second-order valence-corrected chi connectivity index (χ2v) is 4.82. The van der Waals surface area contributed by atoms with Gasteiger partial charge in [-0.3, -0.25) is 9.48 Å². The fourth-order valence-corrected chi connectivity index (χ4v) is 1.86. The Morgan fingerprint density at radius 3 is 2.62 bits per heavy atom.